The Kier molecular flexibility index (Phi) is 6.70. The molecule has 1 aromatic rings. The summed E-state index contributed by atoms with van der Waals surface area (Å²) in [5, 5.41) is 0. The van der Waals surface area contributed by atoms with E-state index in [1.54, 1.807) is 7.11 Å². The van der Waals surface area contributed by atoms with Crippen molar-refractivity contribution in [1.82, 2.24) is 0 Å². The van der Waals surface area contributed by atoms with Crippen LogP contribution >= 0.6 is 0 Å². The van der Waals surface area contributed by atoms with Crippen molar-refractivity contribution in [3.05, 3.63) is 29.8 Å². The van der Waals surface area contributed by atoms with Crippen LogP contribution in [0.2, 0.25) is 0 Å². The van der Waals surface area contributed by atoms with Gasteiger partial charge in [-0.15, -0.1) is 0 Å². The summed E-state index contributed by atoms with van der Waals surface area (Å²) in [6, 6.07) is 8.33. The first kappa shape index (κ1) is 19.3. The lowest BCUT2D eigenvalue weighted by Crippen LogP contribution is -2.30. The van der Waals surface area contributed by atoms with E-state index >= 15 is 0 Å². The highest BCUT2D eigenvalue weighted by Crippen LogP contribution is 2.50. The molecule has 0 saturated heterocycles. The van der Waals surface area contributed by atoms with E-state index < -0.39 is 10.1 Å². The summed E-state index contributed by atoms with van der Waals surface area (Å²) < 4.78 is 36.0. The third-order valence-corrected chi connectivity index (χ3v) is 6.52. The van der Waals surface area contributed by atoms with Crippen molar-refractivity contribution >= 4 is 10.1 Å². The fourth-order valence-corrected chi connectivity index (χ4v) is 4.73. The van der Waals surface area contributed by atoms with Crippen molar-refractivity contribution in [2.24, 2.45) is 5.41 Å². The van der Waals surface area contributed by atoms with Crippen LogP contribution in [-0.2, 0) is 10.1 Å². The summed E-state index contributed by atoms with van der Waals surface area (Å²) in [5.74, 6) is 1.19. The van der Waals surface area contributed by atoms with Crippen molar-refractivity contribution in [1.29, 1.82) is 0 Å². The Hall–Kier alpha value is -1.07. The van der Waals surface area contributed by atoms with Gasteiger partial charge in [-0.2, -0.15) is 8.42 Å². The molecule has 1 unspecified atom stereocenters. The van der Waals surface area contributed by atoms with Crippen molar-refractivity contribution in [3.63, 3.8) is 0 Å². The molecule has 24 heavy (non-hydrogen) atoms. The first-order chi connectivity index (χ1) is 11.4. The van der Waals surface area contributed by atoms with Gasteiger partial charge in [-0.3, -0.25) is 4.55 Å². The predicted octanol–water partition coefficient (Wildman–Crippen LogP) is 4.81. The van der Waals surface area contributed by atoms with Crippen LogP contribution in [0, 0.1) is 5.41 Å². The quantitative estimate of drug-likeness (QED) is 0.537. The van der Waals surface area contributed by atoms with Crippen molar-refractivity contribution < 1.29 is 17.7 Å². The van der Waals surface area contributed by atoms with Crippen LogP contribution in [0.1, 0.15) is 69.8 Å². The van der Waals surface area contributed by atoms with Crippen LogP contribution in [0.3, 0.4) is 0 Å². The van der Waals surface area contributed by atoms with Gasteiger partial charge in [0.15, 0.2) is 0 Å². The van der Waals surface area contributed by atoms with E-state index in [1.807, 2.05) is 12.1 Å². The number of methoxy groups -OCH3 is 1. The molecule has 1 saturated carbocycles. The number of ether oxygens (including phenoxy) is 1. The molecule has 0 aromatic heterocycles. The van der Waals surface area contributed by atoms with Crippen molar-refractivity contribution in [2.75, 3.05) is 12.9 Å². The smallest absolute Gasteiger partial charge is 0.264 e. The van der Waals surface area contributed by atoms with E-state index in [2.05, 4.69) is 19.1 Å². The average Bonchev–Trinajstić information content (AvgIpc) is 2.58. The zero-order valence-electron chi connectivity index (χ0n) is 14.8. The van der Waals surface area contributed by atoms with Crippen molar-refractivity contribution in [2.45, 2.75) is 64.2 Å². The molecule has 0 heterocycles. The van der Waals surface area contributed by atoms with E-state index in [0.717, 1.165) is 18.6 Å². The SMILES string of the molecule is COc1ccc(C(C)C2(CCCCS(=O)(=O)O)CCCCC2)cc1. The van der Waals surface area contributed by atoms with Crippen LogP contribution in [0.5, 0.6) is 5.75 Å². The molecule has 0 bridgehead atoms. The lowest BCUT2D eigenvalue weighted by atomic mass is 9.62. The lowest BCUT2D eigenvalue weighted by Gasteiger charge is -2.43. The van der Waals surface area contributed by atoms with Gasteiger partial charge in [0.2, 0.25) is 0 Å². The van der Waals surface area contributed by atoms with Gasteiger partial charge in [0.25, 0.3) is 10.1 Å². The molecule has 136 valence electrons. The minimum absolute atomic E-state index is 0.125. The Morgan fingerprint density at radius 2 is 1.75 bits per heavy atom. The Bertz CT molecular complexity index is 601. The molecule has 1 N–H and O–H groups in total. The molecule has 0 amide bonds. The van der Waals surface area contributed by atoms with Gasteiger partial charge in [0.05, 0.1) is 12.9 Å². The molecule has 1 aliphatic rings. The third-order valence-electron chi connectivity index (χ3n) is 5.71. The molecule has 1 atom stereocenters. The molecular formula is C19H30O4S. The summed E-state index contributed by atoms with van der Waals surface area (Å²) in [6.07, 6.45) is 8.60. The fraction of sp³-hybridized carbons (Fsp3) is 0.684. The molecule has 5 heteroatoms. The maximum atomic E-state index is 10.9. The predicted molar refractivity (Wildman–Crippen MR) is 97.2 cm³/mol. The maximum Gasteiger partial charge on any atom is 0.264 e. The minimum atomic E-state index is -3.84. The highest BCUT2D eigenvalue weighted by molar-refractivity contribution is 7.85. The number of rotatable bonds is 8. The maximum absolute atomic E-state index is 10.9. The zero-order chi connectivity index (χ0) is 17.6. The first-order valence-electron chi connectivity index (χ1n) is 8.95. The topological polar surface area (TPSA) is 63.6 Å². The number of hydrogen-bond acceptors (Lipinski definition) is 3. The number of benzene rings is 1. The summed E-state index contributed by atoms with van der Waals surface area (Å²) in [5.41, 5.74) is 1.57. The highest BCUT2D eigenvalue weighted by atomic mass is 32.2. The molecule has 2 rings (SSSR count). The summed E-state index contributed by atoms with van der Waals surface area (Å²) in [7, 11) is -2.16. The Morgan fingerprint density at radius 3 is 2.29 bits per heavy atom. The van der Waals surface area contributed by atoms with Gasteiger partial charge >= 0.3 is 0 Å². The molecule has 1 fully saturated rings. The van der Waals surface area contributed by atoms with E-state index in [0.29, 0.717) is 12.3 Å². The molecule has 0 radical (unpaired) electrons. The normalized spacial score (nSPS) is 19.0. The first-order valence-corrected chi connectivity index (χ1v) is 10.6. The Balaban J connectivity index is 2.07. The summed E-state index contributed by atoms with van der Waals surface area (Å²) in [4.78, 5) is 0. The van der Waals surface area contributed by atoms with E-state index in [1.165, 1.54) is 37.7 Å². The third kappa shape index (κ3) is 5.21. The molecule has 0 aliphatic heterocycles. The Morgan fingerprint density at radius 1 is 1.12 bits per heavy atom. The second kappa shape index (κ2) is 8.34. The van der Waals surface area contributed by atoms with Gasteiger partial charge in [-0.25, -0.2) is 0 Å². The molecular weight excluding hydrogens is 324 g/mol. The highest BCUT2D eigenvalue weighted by Gasteiger charge is 2.37. The second-order valence-corrected chi connectivity index (χ2v) is 8.73. The standard InChI is InChI=1S/C19H30O4S/c1-16(17-8-10-18(23-2)11-9-17)19(12-4-3-5-13-19)14-6-7-15-24(20,21)22/h8-11,16H,3-7,12-15H2,1-2H3,(H,20,21,22). The minimum Gasteiger partial charge on any atom is -0.497 e. The van der Waals surface area contributed by atoms with Crippen LogP contribution in [0.15, 0.2) is 24.3 Å². The molecule has 1 aliphatic carbocycles. The molecule has 1 aromatic carbocycles. The summed E-state index contributed by atoms with van der Waals surface area (Å²) >= 11 is 0. The number of hydrogen-bond donors (Lipinski definition) is 1. The van der Waals surface area contributed by atoms with Gasteiger partial charge in [0, 0.05) is 0 Å². The van der Waals surface area contributed by atoms with Gasteiger partial charge in [-0.05, 0) is 54.7 Å². The van der Waals surface area contributed by atoms with Crippen LogP contribution in [-0.4, -0.2) is 25.8 Å². The number of unbranched alkanes of at least 4 members (excludes halogenated alkanes) is 1. The fourth-order valence-electron chi connectivity index (χ4n) is 4.16. The second-order valence-electron chi connectivity index (χ2n) is 7.16. The van der Waals surface area contributed by atoms with E-state index in [9.17, 15) is 8.42 Å². The average molecular weight is 355 g/mol. The van der Waals surface area contributed by atoms with Gasteiger partial charge in [-0.1, -0.05) is 44.7 Å². The lowest BCUT2D eigenvalue weighted by molar-refractivity contribution is 0.132. The van der Waals surface area contributed by atoms with Crippen LogP contribution < -0.4 is 4.74 Å². The van der Waals surface area contributed by atoms with Crippen LogP contribution in [0.25, 0.3) is 0 Å². The van der Waals surface area contributed by atoms with Gasteiger partial charge < -0.3 is 4.74 Å². The van der Waals surface area contributed by atoms with Crippen molar-refractivity contribution in [3.8, 4) is 5.75 Å². The largest absolute Gasteiger partial charge is 0.497 e. The van der Waals surface area contributed by atoms with Crippen LogP contribution in [0.4, 0.5) is 0 Å². The van der Waals surface area contributed by atoms with Gasteiger partial charge in [0.1, 0.15) is 5.75 Å². The zero-order valence-corrected chi connectivity index (χ0v) is 15.6. The molecule has 4 nitrogen and oxygen atoms in total. The molecule has 0 spiro atoms. The van der Waals surface area contributed by atoms with E-state index in [4.69, 9.17) is 9.29 Å². The monoisotopic (exact) mass is 354 g/mol. The summed E-state index contributed by atoms with van der Waals surface area (Å²) in [6.45, 7) is 2.30. The Labute approximate surface area is 146 Å². The van der Waals surface area contributed by atoms with E-state index in [-0.39, 0.29) is 11.2 Å².